The Hall–Kier alpha value is -2.61. The van der Waals surface area contributed by atoms with Crippen LogP contribution in [-0.2, 0) is 11.3 Å². The van der Waals surface area contributed by atoms with E-state index < -0.39 is 5.69 Å². The number of carbonyl (C=O) groups excluding carboxylic acids is 1. The van der Waals surface area contributed by atoms with E-state index in [9.17, 15) is 9.59 Å². The van der Waals surface area contributed by atoms with Crippen molar-refractivity contribution in [3.63, 3.8) is 0 Å². The highest BCUT2D eigenvalue weighted by Gasteiger charge is 2.18. The molecule has 1 amide bonds. The van der Waals surface area contributed by atoms with Crippen molar-refractivity contribution in [1.82, 2.24) is 24.7 Å². The van der Waals surface area contributed by atoms with E-state index in [-0.39, 0.29) is 18.5 Å². The molecule has 2 aromatic heterocycles. The molecule has 1 aliphatic carbocycles. The van der Waals surface area contributed by atoms with Crippen molar-refractivity contribution < 1.29 is 4.79 Å². The van der Waals surface area contributed by atoms with Gasteiger partial charge in [-0.1, -0.05) is 48.7 Å². The van der Waals surface area contributed by atoms with Crippen LogP contribution in [0.15, 0.2) is 51.1 Å². The van der Waals surface area contributed by atoms with E-state index >= 15 is 0 Å². The minimum atomic E-state index is -0.403. The molecule has 146 valence electrons. The van der Waals surface area contributed by atoms with Crippen LogP contribution in [0.25, 0.3) is 5.65 Å². The summed E-state index contributed by atoms with van der Waals surface area (Å²) < 4.78 is 2.44. The third kappa shape index (κ3) is 4.27. The van der Waals surface area contributed by atoms with Gasteiger partial charge in [-0.15, -0.1) is 5.10 Å². The lowest BCUT2D eigenvalue weighted by Crippen LogP contribution is -2.40. The smallest absolute Gasteiger partial charge is 0.352 e. The van der Waals surface area contributed by atoms with E-state index in [1.807, 2.05) is 37.3 Å². The summed E-state index contributed by atoms with van der Waals surface area (Å²) in [6.45, 7) is 1.95. The number of aromatic nitrogens is 4. The first-order valence-electron chi connectivity index (χ1n) is 9.59. The van der Waals surface area contributed by atoms with Crippen molar-refractivity contribution >= 4 is 23.3 Å². The van der Waals surface area contributed by atoms with Crippen LogP contribution in [0.5, 0.6) is 0 Å². The molecule has 1 N–H and O–H groups in total. The number of amides is 1. The second kappa shape index (κ2) is 8.18. The quantitative estimate of drug-likeness (QED) is 0.716. The van der Waals surface area contributed by atoms with Crippen LogP contribution in [0.1, 0.15) is 37.7 Å². The summed E-state index contributed by atoms with van der Waals surface area (Å²) in [5.74, 6) is -0.174. The van der Waals surface area contributed by atoms with Gasteiger partial charge in [0, 0.05) is 10.9 Å². The average molecular weight is 398 g/mol. The van der Waals surface area contributed by atoms with Crippen molar-refractivity contribution in [2.45, 2.75) is 61.5 Å². The van der Waals surface area contributed by atoms with Crippen molar-refractivity contribution in [3.8, 4) is 0 Å². The third-order valence-electron chi connectivity index (χ3n) is 4.92. The standard InChI is InChI=1S/C20H23N5O2S/c1-14-7-9-16(10-8-14)28-19-12-11-17-22-24(20(27)25(17)23-19)13-18(26)21-15-5-3-2-4-6-15/h7-12,15H,2-6,13H2,1H3,(H,21,26). The van der Waals surface area contributed by atoms with Gasteiger partial charge in [0.2, 0.25) is 5.91 Å². The van der Waals surface area contributed by atoms with E-state index in [0.29, 0.717) is 10.7 Å². The Kier molecular flexibility index (Phi) is 5.47. The number of carbonyl (C=O) groups is 1. The second-order valence-corrected chi connectivity index (χ2v) is 8.29. The molecule has 0 atom stereocenters. The molecule has 8 heteroatoms. The molecule has 0 spiro atoms. The molecule has 28 heavy (non-hydrogen) atoms. The monoisotopic (exact) mass is 397 g/mol. The molecule has 7 nitrogen and oxygen atoms in total. The molecule has 0 bridgehead atoms. The minimum Gasteiger partial charge on any atom is -0.352 e. The summed E-state index contributed by atoms with van der Waals surface area (Å²) in [6.07, 6.45) is 5.53. The van der Waals surface area contributed by atoms with Gasteiger partial charge in [0.15, 0.2) is 5.65 Å². The Bertz CT molecular complexity index is 1030. The normalized spacial score (nSPS) is 15.0. The Labute approximate surface area is 167 Å². The van der Waals surface area contributed by atoms with Gasteiger partial charge < -0.3 is 5.32 Å². The van der Waals surface area contributed by atoms with Gasteiger partial charge in [-0.25, -0.2) is 9.48 Å². The van der Waals surface area contributed by atoms with E-state index in [2.05, 4.69) is 15.5 Å². The SMILES string of the molecule is Cc1ccc(Sc2ccc3nn(CC(=O)NC4CCCCC4)c(=O)n3n2)cc1. The maximum absolute atomic E-state index is 12.6. The molecule has 1 aliphatic rings. The lowest BCUT2D eigenvalue weighted by Gasteiger charge is -2.22. The summed E-state index contributed by atoms with van der Waals surface area (Å²) in [5, 5.41) is 12.3. The highest BCUT2D eigenvalue weighted by atomic mass is 32.2. The minimum absolute atomic E-state index is 0.0842. The average Bonchev–Trinajstić information content (AvgIpc) is 3.00. The highest BCUT2D eigenvalue weighted by molar-refractivity contribution is 7.99. The lowest BCUT2D eigenvalue weighted by atomic mass is 9.95. The van der Waals surface area contributed by atoms with Gasteiger partial charge in [0.25, 0.3) is 0 Å². The molecule has 0 radical (unpaired) electrons. The summed E-state index contributed by atoms with van der Waals surface area (Å²) in [5.41, 5.74) is 1.22. The van der Waals surface area contributed by atoms with E-state index in [1.54, 1.807) is 6.07 Å². The molecule has 2 heterocycles. The van der Waals surface area contributed by atoms with Crippen LogP contribution in [0.3, 0.4) is 0 Å². The molecular formula is C20H23N5O2S. The fraction of sp³-hybridized carbons (Fsp3) is 0.400. The highest BCUT2D eigenvalue weighted by Crippen LogP contribution is 2.25. The van der Waals surface area contributed by atoms with Crippen molar-refractivity contribution in [2.24, 2.45) is 0 Å². The number of hydrogen-bond acceptors (Lipinski definition) is 5. The van der Waals surface area contributed by atoms with Crippen LogP contribution in [0.2, 0.25) is 0 Å². The zero-order valence-electron chi connectivity index (χ0n) is 15.8. The number of aryl methyl sites for hydroxylation is 1. The van der Waals surface area contributed by atoms with Crippen molar-refractivity contribution in [3.05, 3.63) is 52.4 Å². The van der Waals surface area contributed by atoms with Gasteiger partial charge in [0.1, 0.15) is 11.6 Å². The molecule has 4 rings (SSSR count). The topological polar surface area (TPSA) is 81.3 Å². The molecule has 0 unspecified atom stereocenters. The second-order valence-electron chi connectivity index (χ2n) is 7.20. The first-order valence-corrected chi connectivity index (χ1v) is 10.4. The molecule has 1 aromatic carbocycles. The number of benzene rings is 1. The molecule has 0 aliphatic heterocycles. The lowest BCUT2D eigenvalue weighted by molar-refractivity contribution is -0.122. The maximum atomic E-state index is 12.6. The maximum Gasteiger partial charge on any atom is 0.367 e. The number of fused-ring (bicyclic) bond motifs is 1. The first-order chi connectivity index (χ1) is 13.6. The third-order valence-corrected chi connectivity index (χ3v) is 5.86. The van der Waals surface area contributed by atoms with E-state index in [4.69, 9.17) is 0 Å². The van der Waals surface area contributed by atoms with Crippen LogP contribution >= 0.6 is 11.8 Å². The van der Waals surface area contributed by atoms with Gasteiger partial charge >= 0.3 is 5.69 Å². The van der Waals surface area contributed by atoms with Gasteiger partial charge in [0.05, 0.1) is 0 Å². The van der Waals surface area contributed by atoms with Crippen molar-refractivity contribution in [1.29, 1.82) is 0 Å². The summed E-state index contributed by atoms with van der Waals surface area (Å²) in [7, 11) is 0. The van der Waals surface area contributed by atoms with Crippen LogP contribution in [0.4, 0.5) is 0 Å². The van der Waals surface area contributed by atoms with Crippen LogP contribution < -0.4 is 11.0 Å². The predicted molar refractivity (Wildman–Crippen MR) is 108 cm³/mol. The van der Waals surface area contributed by atoms with Gasteiger partial charge in [-0.05, 0) is 44.0 Å². The molecule has 3 aromatic rings. The Morgan fingerprint density at radius 1 is 1.11 bits per heavy atom. The van der Waals surface area contributed by atoms with E-state index in [0.717, 1.165) is 30.6 Å². The van der Waals surface area contributed by atoms with Gasteiger partial charge in [-0.2, -0.15) is 9.61 Å². The number of nitrogens with zero attached hydrogens (tertiary/aromatic N) is 4. The molecular weight excluding hydrogens is 374 g/mol. The molecule has 0 saturated heterocycles. The fourth-order valence-electron chi connectivity index (χ4n) is 3.43. The Morgan fingerprint density at radius 3 is 2.61 bits per heavy atom. The first kappa shape index (κ1) is 18.7. The van der Waals surface area contributed by atoms with Gasteiger partial charge in [-0.3, -0.25) is 4.79 Å². The number of nitrogens with one attached hydrogen (secondary N) is 1. The van der Waals surface area contributed by atoms with E-state index in [1.165, 1.54) is 32.9 Å². The van der Waals surface area contributed by atoms with Crippen LogP contribution in [0, 0.1) is 6.92 Å². The van der Waals surface area contributed by atoms with Crippen LogP contribution in [-0.4, -0.2) is 31.3 Å². The Balaban J connectivity index is 1.49. The summed E-state index contributed by atoms with van der Waals surface area (Å²) >= 11 is 1.48. The zero-order valence-corrected chi connectivity index (χ0v) is 16.6. The molecule has 1 fully saturated rings. The fourth-order valence-corrected chi connectivity index (χ4v) is 4.20. The molecule has 1 saturated carbocycles. The zero-order chi connectivity index (χ0) is 19.5. The predicted octanol–water partition coefficient (Wildman–Crippen LogP) is 2.80. The summed E-state index contributed by atoms with van der Waals surface area (Å²) in [4.78, 5) is 26.0. The number of hydrogen-bond donors (Lipinski definition) is 1. The largest absolute Gasteiger partial charge is 0.367 e. The van der Waals surface area contributed by atoms with Crippen molar-refractivity contribution in [2.75, 3.05) is 0 Å². The number of rotatable bonds is 5. The summed E-state index contributed by atoms with van der Waals surface area (Å²) in [6, 6.07) is 11.9. The Morgan fingerprint density at radius 2 is 1.86 bits per heavy atom.